The molecule has 0 amide bonds. The number of nitrogens with one attached hydrogen (secondary N) is 1. The zero-order chi connectivity index (χ0) is 13.9. The Hall–Kier alpha value is -1.60. The minimum atomic E-state index is 0.551. The summed E-state index contributed by atoms with van der Waals surface area (Å²) in [5, 5.41) is 3.68. The van der Waals surface area contributed by atoms with E-state index in [0.717, 1.165) is 6.54 Å². The van der Waals surface area contributed by atoms with Crippen molar-refractivity contribution in [3.05, 3.63) is 59.2 Å². The third-order valence-electron chi connectivity index (χ3n) is 4.27. The Balaban J connectivity index is 1.95. The quantitative estimate of drug-likeness (QED) is 0.848. The van der Waals surface area contributed by atoms with E-state index in [2.05, 4.69) is 61.6 Å². The van der Waals surface area contributed by atoms with E-state index in [0.29, 0.717) is 6.04 Å². The molecule has 2 aromatic rings. The van der Waals surface area contributed by atoms with Crippen LogP contribution in [-0.4, -0.2) is 6.54 Å². The smallest absolute Gasteiger partial charge is 0.0326 e. The van der Waals surface area contributed by atoms with Crippen LogP contribution in [0, 0.1) is 6.92 Å². The lowest BCUT2D eigenvalue weighted by molar-refractivity contribution is 0.529. The fourth-order valence-electron chi connectivity index (χ4n) is 3.19. The molecule has 104 valence electrons. The van der Waals surface area contributed by atoms with Crippen molar-refractivity contribution in [2.75, 3.05) is 6.54 Å². The summed E-state index contributed by atoms with van der Waals surface area (Å²) in [7, 11) is 0. The van der Waals surface area contributed by atoms with Crippen molar-refractivity contribution in [1.29, 1.82) is 0 Å². The van der Waals surface area contributed by atoms with E-state index in [1.807, 2.05) is 0 Å². The average molecular weight is 265 g/mol. The van der Waals surface area contributed by atoms with Crippen molar-refractivity contribution in [3.63, 3.8) is 0 Å². The lowest BCUT2D eigenvalue weighted by Crippen LogP contribution is -2.19. The summed E-state index contributed by atoms with van der Waals surface area (Å²) >= 11 is 0. The molecule has 1 aliphatic carbocycles. The van der Waals surface area contributed by atoms with Gasteiger partial charge in [-0.3, -0.25) is 0 Å². The molecule has 0 aliphatic heterocycles. The molecular formula is C19H23N. The lowest BCUT2D eigenvalue weighted by atomic mass is 9.96. The Kier molecular flexibility index (Phi) is 3.88. The monoisotopic (exact) mass is 265 g/mol. The summed E-state index contributed by atoms with van der Waals surface area (Å²) in [5.41, 5.74) is 7.15. The number of fused-ring (bicyclic) bond motifs is 1. The zero-order valence-corrected chi connectivity index (χ0v) is 12.4. The molecule has 0 aromatic heterocycles. The molecule has 1 unspecified atom stereocenters. The SMILES string of the molecule is CCCNC1CCc2c(-c3ccc(C)cc3)cccc21. The van der Waals surface area contributed by atoms with Crippen molar-refractivity contribution in [2.24, 2.45) is 0 Å². The summed E-state index contributed by atoms with van der Waals surface area (Å²) in [5.74, 6) is 0. The summed E-state index contributed by atoms with van der Waals surface area (Å²) < 4.78 is 0. The highest BCUT2D eigenvalue weighted by molar-refractivity contribution is 5.70. The van der Waals surface area contributed by atoms with Crippen LogP contribution in [0.1, 0.15) is 42.5 Å². The predicted octanol–water partition coefficient (Wildman–Crippen LogP) is 4.65. The summed E-state index contributed by atoms with van der Waals surface area (Å²) in [6.07, 6.45) is 3.63. The number of rotatable bonds is 4. The van der Waals surface area contributed by atoms with Gasteiger partial charge in [0.2, 0.25) is 0 Å². The maximum absolute atomic E-state index is 3.68. The first-order valence-electron chi connectivity index (χ1n) is 7.72. The first-order chi connectivity index (χ1) is 9.79. The van der Waals surface area contributed by atoms with E-state index in [4.69, 9.17) is 0 Å². The second-order valence-corrected chi connectivity index (χ2v) is 5.78. The van der Waals surface area contributed by atoms with Gasteiger partial charge in [0.05, 0.1) is 0 Å². The van der Waals surface area contributed by atoms with Gasteiger partial charge >= 0.3 is 0 Å². The molecule has 1 N–H and O–H groups in total. The van der Waals surface area contributed by atoms with Gasteiger partial charge in [0, 0.05) is 6.04 Å². The molecule has 0 bridgehead atoms. The van der Waals surface area contributed by atoms with Crippen LogP contribution in [0.25, 0.3) is 11.1 Å². The molecule has 0 heterocycles. The third kappa shape index (κ3) is 2.51. The summed E-state index contributed by atoms with van der Waals surface area (Å²) in [6, 6.07) is 16.2. The highest BCUT2D eigenvalue weighted by atomic mass is 14.9. The Labute approximate surface area is 122 Å². The van der Waals surface area contributed by atoms with Crippen LogP contribution in [0.3, 0.4) is 0 Å². The van der Waals surface area contributed by atoms with Crippen LogP contribution in [0.15, 0.2) is 42.5 Å². The highest BCUT2D eigenvalue weighted by Gasteiger charge is 2.23. The summed E-state index contributed by atoms with van der Waals surface area (Å²) in [4.78, 5) is 0. The van der Waals surface area contributed by atoms with Crippen LogP contribution < -0.4 is 5.32 Å². The van der Waals surface area contributed by atoms with Gasteiger partial charge in [-0.2, -0.15) is 0 Å². The number of benzene rings is 2. The Bertz CT molecular complexity index is 583. The average Bonchev–Trinajstić information content (AvgIpc) is 2.89. The van der Waals surface area contributed by atoms with Crippen molar-refractivity contribution in [1.82, 2.24) is 5.32 Å². The Morgan fingerprint density at radius 1 is 1.10 bits per heavy atom. The molecule has 1 nitrogen and oxygen atoms in total. The zero-order valence-electron chi connectivity index (χ0n) is 12.4. The van der Waals surface area contributed by atoms with Crippen LogP contribution in [0.5, 0.6) is 0 Å². The van der Waals surface area contributed by atoms with Gasteiger partial charge in [0.15, 0.2) is 0 Å². The van der Waals surface area contributed by atoms with E-state index < -0.39 is 0 Å². The fraction of sp³-hybridized carbons (Fsp3) is 0.368. The van der Waals surface area contributed by atoms with Crippen molar-refractivity contribution >= 4 is 0 Å². The molecule has 1 atom stereocenters. The maximum atomic E-state index is 3.68. The van der Waals surface area contributed by atoms with Crippen molar-refractivity contribution in [3.8, 4) is 11.1 Å². The van der Waals surface area contributed by atoms with Crippen LogP contribution >= 0.6 is 0 Å². The second kappa shape index (κ2) is 5.80. The molecule has 20 heavy (non-hydrogen) atoms. The first-order valence-corrected chi connectivity index (χ1v) is 7.72. The molecular weight excluding hydrogens is 242 g/mol. The van der Waals surface area contributed by atoms with E-state index in [1.165, 1.54) is 41.5 Å². The molecule has 0 fully saturated rings. The van der Waals surface area contributed by atoms with Gasteiger partial charge in [0.1, 0.15) is 0 Å². The van der Waals surface area contributed by atoms with Gasteiger partial charge in [0.25, 0.3) is 0 Å². The predicted molar refractivity (Wildman–Crippen MR) is 86.0 cm³/mol. The van der Waals surface area contributed by atoms with Gasteiger partial charge in [-0.25, -0.2) is 0 Å². The minimum Gasteiger partial charge on any atom is -0.310 e. The topological polar surface area (TPSA) is 12.0 Å². The molecule has 0 saturated carbocycles. The third-order valence-corrected chi connectivity index (χ3v) is 4.27. The molecule has 0 saturated heterocycles. The van der Waals surface area contributed by atoms with E-state index in [-0.39, 0.29) is 0 Å². The number of hydrogen-bond donors (Lipinski definition) is 1. The number of hydrogen-bond acceptors (Lipinski definition) is 1. The normalized spacial score (nSPS) is 17.2. The Morgan fingerprint density at radius 2 is 1.90 bits per heavy atom. The minimum absolute atomic E-state index is 0.551. The standard InChI is InChI=1S/C19H23N/c1-3-13-20-19-12-11-17-16(5-4-6-18(17)19)15-9-7-14(2)8-10-15/h4-10,19-20H,3,11-13H2,1-2H3. The van der Waals surface area contributed by atoms with Gasteiger partial charge in [-0.1, -0.05) is 55.0 Å². The van der Waals surface area contributed by atoms with E-state index >= 15 is 0 Å². The van der Waals surface area contributed by atoms with Gasteiger partial charge in [-0.05, 0) is 55.0 Å². The largest absolute Gasteiger partial charge is 0.310 e. The van der Waals surface area contributed by atoms with E-state index in [9.17, 15) is 0 Å². The molecule has 1 aliphatic rings. The van der Waals surface area contributed by atoms with Crippen molar-refractivity contribution < 1.29 is 0 Å². The lowest BCUT2D eigenvalue weighted by Gasteiger charge is -2.14. The van der Waals surface area contributed by atoms with Gasteiger partial charge < -0.3 is 5.32 Å². The number of aryl methyl sites for hydroxylation is 1. The highest BCUT2D eigenvalue weighted by Crippen LogP contribution is 2.37. The summed E-state index contributed by atoms with van der Waals surface area (Å²) in [6.45, 7) is 5.48. The Morgan fingerprint density at radius 3 is 2.65 bits per heavy atom. The van der Waals surface area contributed by atoms with Crippen LogP contribution in [0.4, 0.5) is 0 Å². The molecule has 3 rings (SSSR count). The van der Waals surface area contributed by atoms with E-state index in [1.54, 1.807) is 5.56 Å². The maximum Gasteiger partial charge on any atom is 0.0326 e. The molecule has 2 aromatic carbocycles. The molecule has 0 spiro atoms. The van der Waals surface area contributed by atoms with Crippen LogP contribution in [0.2, 0.25) is 0 Å². The molecule has 0 radical (unpaired) electrons. The first kappa shape index (κ1) is 13.4. The van der Waals surface area contributed by atoms with Gasteiger partial charge in [-0.15, -0.1) is 0 Å². The fourth-order valence-corrected chi connectivity index (χ4v) is 3.19. The molecule has 1 heteroatoms. The van der Waals surface area contributed by atoms with Crippen LogP contribution in [-0.2, 0) is 6.42 Å². The second-order valence-electron chi connectivity index (χ2n) is 5.78. The van der Waals surface area contributed by atoms with Crippen molar-refractivity contribution in [2.45, 2.75) is 39.2 Å².